The summed E-state index contributed by atoms with van der Waals surface area (Å²) in [5.74, 6) is -1.33. The second-order valence-electron chi connectivity index (χ2n) is 3.33. The van der Waals surface area contributed by atoms with Crippen LogP contribution >= 0.6 is 12.4 Å². The third-order valence-corrected chi connectivity index (χ3v) is 2.10. The Morgan fingerprint density at radius 3 is 2.35 bits per heavy atom. The molecule has 1 aromatic carbocycles. The van der Waals surface area contributed by atoms with E-state index in [0.29, 0.717) is 0 Å². The van der Waals surface area contributed by atoms with E-state index in [9.17, 15) is 9.59 Å². The molecule has 1 atom stereocenters. The van der Waals surface area contributed by atoms with E-state index >= 15 is 0 Å². The molecule has 0 saturated heterocycles. The van der Waals surface area contributed by atoms with Crippen molar-refractivity contribution in [1.29, 1.82) is 0 Å². The van der Waals surface area contributed by atoms with Crippen molar-refractivity contribution in [2.45, 2.75) is 12.5 Å². The number of amides is 1. The van der Waals surface area contributed by atoms with Gasteiger partial charge in [-0.05, 0) is 5.56 Å². The highest BCUT2D eigenvalue weighted by molar-refractivity contribution is 5.85. The summed E-state index contributed by atoms with van der Waals surface area (Å²) in [6.07, 6.45) is -0.157. The van der Waals surface area contributed by atoms with Crippen LogP contribution in [0.4, 0.5) is 0 Å². The van der Waals surface area contributed by atoms with Crippen LogP contribution < -0.4 is 11.1 Å². The van der Waals surface area contributed by atoms with Crippen molar-refractivity contribution in [2.24, 2.45) is 5.73 Å². The average Bonchev–Trinajstić information content (AvgIpc) is 2.28. The van der Waals surface area contributed by atoms with Crippen LogP contribution in [0.5, 0.6) is 0 Å². The van der Waals surface area contributed by atoms with Gasteiger partial charge in [0.2, 0.25) is 5.91 Å². The normalized spacial score (nSPS) is 11.1. The van der Waals surface area contributed by atoms with Crippen LogP contribution in [0.2, 0.25) is 0 Å². The first-order chi connectivity index (χ1) is 7.63. The lowest BCUT2D eigenvalue weighted by atomic mass is 10.0. The highest BCUT2D eigenvalue weighted by Crippen LogP contribution is 2.15. The van der Waals surface area contributed by atoms with Gasteiger partial charge in [0.15, 0.2) is 0 Å². The lowest BCUT2D eigenvalue weighted by molar-refractivity contribution is -0.137. The van der Waals surface area contributed by atoms with E-state index in [1.54, 1.807) is 24.3 Å². The highest BCUT2D eigenvalue weighted by atomic mass is 35.5. The number of carboxylic acid groups (broad SMARTS) is 1. The van der Waals surface area contributed by atoms with Gasteiger partial charge < -0.3 is 16.2 Å². The Morgan fingerprint density at radius 1 is 1.29 bits per heavy atom. The fourth-order valence-electron chi connectivity index (χ4n) is 1.37. The molecule has 0 spiro atoms. The van der Waals surface area contributed by atoms with Gasteiger partial charge in [0.25, 0.3) is 0 Å². The van der Waals surface area contributed by atoms with Gasteiger partial charge in [-0.2, -0.15) is 0 Å². The summed E-state index contributed by atoms with van der Waals surface area (Å²) in [7, 11) is 0. The number of carbonyl (C=O) groups excluding carboxylic acids is 1. The lowest BCUT2D eigenvalue weighted by Crippen LogP contribution is -2.34. The Labute approximate surface area is 105 Å². The van der Waals surface area contributed by atoms with Gasteiger partial charge in [-0.15, -0.1) is 12.4 Å². The zero-order valence-electron chi connectivity index (χ0n) is 9.13. The molecule has 0 bridgehead atoms. The Morgan fingerprint density at radius 2 is 1.88 bits per heavy atom. The van der Waals surface area contributed by atoms with Gasteiger partial charge >= 0.3 is 5.97 Å². The van der Waals surface area contributed by atoms with Gasteiger partial charge in [-0.25, -0.2) is 0 Å². The summed E-state index contributed by atoms with van der Waals surface area (Å²) in [6.45, 7) is -0.150. The minimum atomic E-state index is -0.967. The van der Waals surface area contributed by atoms with E-state index in [2.05, 4.69) is 5.32 Å². The van der Waals surface area contributed by atoms with E-state index in [-0.39, 0.29) is 31.3 Å². The fraction of sp³-hybridized carbons (Fsp3) is 0.273. The van der Waals surface area contributed by atoms with Crippen LogP contribution in [0.3, 0.4) is 0 Å². The number of hydrogen-bond donors (Lipinski definition) is 3. The maximum absolute atomic E-state index is 11.1. The van der Waals surface area contributed by atoms with Crippen LogP contribution in [-0.4, -0.2) is 23.5 Å². The number of carbonyl (C=O) groups is 2. The van der Waals surface area contributed by atoms with Crippen LogP contribution in [0.15, 0.2) is 30.3 Å². The first-order valence-electron chi connectivity index (χ1n) is 4.89. The molecule has 0 unspecified atom stereocenters. The molecule has 17 heavy (non-hydrogen) atoms. The zero-order chi connectivity index (χ0) is 12.0. The predicted molar refractivity (Wildman–Crippen MR) is 65.9 cm³/mol. The second kappa shape index (κ2) is 7.65. The van der Waals surface area contributed by atoms with Gasteiger partial charge in [-0.3, -0.25) is 9.59 Å². The number of halogens is 1. The summed E-state index contributed by atoms with van der Waals surface area (Å²) in [6, 6.07) is 8.41. The smallest absolute Gasteiger partial charge is 0.305 e. The number of nitrogens with one attached hydrogen (secondary N) is 1. The number of aliphatic carboxylic acids is 1. The van der Waals surface area contributed by atoms with Crippen molar-refractivity contribution in [3.05, 3.63) is 35.9 Å². The lowest BCUT2D eigenvalue weighted by Gasteiger charge is -2.16. The monoisotopic (exact) mass is 258 g/mol. The molecule has 0 aliphatic rings. The Hall–Kier alpha value is -1.59. The standard InChI is InChI=1S/C11H14N2O3.ClH/c12-7-10(14)13-9(6-11(15)16)8-4-2-1-3-5-8;/h1-5,9H,6-7,12H2,(H,13,14)(H,15,16);1H/t9-;/m1./s1. The van der Waals surface area contributed by atoms with Crippen molar-refractivity contribution < 1.29 is 14.7 Å². The topological polar surface area (TPSA) is 92.4 Å². The Bertz CT molecular complexity index is 370. The first kappa shape index (κ1) is 15.4. The van der Waals surface area contributed by atoms with E-state index in [4.69, 9.17) is 10.8 Å². The molecule has 94 valence electrons. The van der Waals surface area contributed by atoms with Crippen molar-refractivity contribution >= 4 is 24.3 Å². The first-order valence-corrected chi connectivity index (χ1v) is 4.89. The van der Waals surface area contributed by atoms with Crippen molar-refractivity contribution in [3.8, 4) is 0 Å². The highest BCUT2D eigenvalue weighted by Gasteiger charge is 2.16. The predicted octanol–water partition coefficient (Wildman–Crippen LogP) is 0.699. The molecular formula is C11H15ClN2O3. The summed E-state index contributed by atoms with van der Waals surface area (Å²) in [5.41, 5.74) is 5.93. The van der Waals surface area contributed by atoms with E-state index in [1.807, 2.05) is 6.07 Å². The molecule has 6 heteroatoms. The third kappa shape index (κ3) is 5.33. The quantitative estimate of drug-likeness (QED) is 0.725. The minimum absolute atomic E-state index is 0. The molecule has 0 saturated carbocycles. The molecule has 0 aliphatic carbocycles. The molecule has 0 fully saturated rings. The third-order valence-electron chi connectivity index (χ3n) is 2.10. The van der Waals surface area contributed by atoms with E-state index in [1.165, 1.54) is 0 Å². The zero-order valence-corrected chi connectivity index (χ0v) is 9.94. The number of hydrogen-bond acceptors (Lipinski definition) is 3. The molecular weight excluding hydrogens is 244 g/mol. The van der Waals surface area contributed by atoms with Gasteiger partial charge in [-0.1, -0.05) is 30.3 Å². The summed E-state index contributed by atoms with van der Waals surface area (Å²) >= 11 is 0. The number of nitrogens with two attached hydrogens (primary N) is 1. The molecule has 1 amide bonds. The number of benzene rings is 1. The molecule has 5 nitrogen and oxygen atoms in total. The Kier molecular flexibility index (Phi) is 6.93. The van der Waals surface area contributed by atoms with E-state index in [0.717, 1.165) is 5.56 Å². The summed E-state index contributed by atoms with van der Waals surface area (Å²) in [4.78, 5) is 21.8. The molecule has 0 radical (unpaired) electrons. The van der Waals surface area contributed by atoms with Crippen molar-refractivity contribution in [3.63, 3.8) is 0 Å². The Balaban J connectivity index is 0.00000256. The maximum Gasteiger partial charge on any atom is 0.305 e. The molecule has 1 rings (SSSR count). The minimum Gasteiger partial charge on any atom is -0.481 e. The van der Waals surface area contributed by atoms with Crippen LogP contribution in [0.1, 0.15) is 18.0 Å². The fourth-order valence-corrected chi connectivity index (χ4v) is 1.37. The largest absolute Gasteiger partial charge is 0.481 e. The molecule has 4 N–H and O–H groups in total. The molecule has 0 heterocycles. The maximum atomic E-state index is 11.1. The molecule has 0 aliphatic heterocycles. The van der Waals surface area contributed by atoms with Gasteiger partial charge in [0.05, 0.1) is 19.0 Å². The molecule has 0 aromatic heterocycles. The van der Waals surface area contributed by atoms with Crippen LogP contribution in [0.25, 0.3) is 0 Å². The van der Waals surface area contributed by atoms with Crippen LogP contribution in [0, 0.1) is 0 Å². The van der Waals surface area contributed by atoms with E-state index < -0.39 is 12.0 Å². The van der Waals surface area contributed by atoms with Crippen molar-refractivity contribution in [2.75, 3.05) is 6.54 Å². The summed E-state index contributed by atoms with van der Waals surface area (Å²) in [5, 5.41) is 11.3. The second-order valence-corrected chi connectivity index (χ2v) is 3.33. The average molecular weight is 259 g/mol. The molecule has 1 aromatic rings. The van der Waals surface area contributed by atoms with Crippen molar-refractivity contribution in [1.82, 2.24) is 5.32 Å². The van der Waals surface area contributed by atoms with Gasteiger partial charge in [0, 0.05) is 0 Å². The van der Waals surface area contributed by atoms with Crippen LogP contribution in [-0.2, 0) is 9.59 Å². The number of carboxylic acids is 1. The SMILES string of the molecule is Cl.NCC(=O)N[C@H](CC(=O)O)c1ccccc1. The summed E-state index contributed by atoms with van der Waals surface area (Å²) < 4.78 is 0. The number of rotatable bonds is 5. The van der Waals surface area contributed by atoms with Gasteiger partial charge in [0.1, 0.15) is 0 Å².